The SMILES string of the molecule is CC(Cc1nc2ccccc2s1)N1CCN(Cc2cccs2)CC1. The molecule has 3 heterocycles. The first kappa shape index (κ1) is 16.2. The van der Waals surface area contributed by atoms with E-state index in [9.17, 15) is 0 Å². The summed E-state index contributed by atoms with van der Waals surface area (Å²) in [5.41, 5.74) is 1.14. The molecule has 126 valence electrons. The predicted molar refractivity (Wildman–Crippen MR) is 104 cm³/mol. The summed E-state index contributed by atoms with van der Waals surface area (Å²) in [7, 11) is 0. The number of fused-ring (bicyclic) bond motifs is 1. The molecule has 3 aromatic rings. The van der Waals surface area contributed by atoms with E-state index in [1.165, 1.54) is 27.7 Å². The van der Waals surface area contributed by atoms with Crippen LogP contribution in [0.25, 0.3) is 10.2 Å². The number of benzene rings is 1. The zero-order valence-corrected chi connectivity index (χ0v) is 15.7. The normalized spacial score (nSPS) is 18.2. The molecule has 0 bridgehead atoms. The summed E-state index contributed by atoms with van der Waals surface area (Å²) >= 11 is 3.71. The lowest BCUT2D eigenvalue weighted by Crippen LogP contribution is -2.49. The van der Waals surface area contributed by atoms with Crippen LogP contribution < -0.4 is 0 Å². The number of para-hydroxylation sites is 1. The molecule has 1 aliphatic heterocycles. The van der Waals surface area contributed by atoms with Crippen molar-refractivity contribution in [1.82, 2.24) is 14.8 Å². The topological polar surface area (TPSA) is 19.4 Å². The van der Waals surface area contributed by atoms with Gasteiger partial charge in [0, 0.05) is 50.1 Å². The van der Waals surface area contributed by atoms with Gasteiger partial charge in [0.15, 0.2) is 0 Å². The number of thiazole rings is 1. The maximum Gasteiger partial charge on any atom is 0.0954 e. The van der Waals surface area contributed by atoms with Crippen LogP contribution in [-0.4, -0.2) is 47.0 Å². The van der Waals surface area contributed by atoms with Crippen molar-refractivity contribution < 1.29 is 0 Å². The number of rotatable bonds is 5. The van der Waals surface area contributed by atoms with Crippen molar-refractivity contribution in [3.63, 3.8) is 0 Å². The zero-order chi connectivity index (χ0) is 16.4. The fraction of sp³-hybridized carbons (Fsp3) is 0.421. The van der Waals surface area contributed by atoms with E-state index in [0.717, 1.165) is 31.6 Å². The Bertz CT molecular complexity index is 740. The standard InChI is InChI=1S/C19H23N3S2/c1-15(13-19-20-17-6-2-3-7-18(17)24-19)22-10-8-21(9-11-22)14-16-5-4-12-23-16/h2-7,12,15H,8-11,13-14H2,1H3. The van der Waals surface area contributed by atoms with Crippen molar-refractivity contribution >= 4 is 32.9 Å². The molecule has 2 aromatic heterocycles. The first-order valence-corrected chi connectivity index (χ1v) is 10.3. The van der Waals surface area contributed by atoms with Crippen LogP contribution in [0.5, 0.6) is 0 Å². The van der Waals surface area contributed by atoms with Gasteiger partial charge in [-0.15, -0.1) is 22.7 Å². The van der Waals surface area contributed by atoms with E-state index in [2.05, 4.69) is 58.5 Å². The smallest absolute Gasteiger partial charge is 0.0954 e. The van der Waals surface area contributed by atoms with Crippen LogP contribution in [0, 0.1) is 0 Å². The van der Waals surface area contributed by atoms with E-state index in [0.29, 0.717) is 6.04 Å². The molecule has 1 saturated heterocycles. The Morgan fingerprint density at radius 2 is 1.92 bits per heavy atom. The number of piperazine rings is 1. The van der Waals surface area contributed by atoms with E-state index in [1.807, 2.05) is 22.7 Å². The molecule has 1 atom stereocenters. The van der Waals surface area contributed by atoms with Gasteiger partial charge in [-0.05, 0) is 30.5 Å². The molecule has 1 unspecified atom stereocenters. The van der Waals surface area contributed by atoms with Crippen LogP contribution in [0.2, 0.25) is 0 Å². The highest BCUT2D eigenvalue weighted by Crippen LogP contribution is 2.24. The molecule has 1 fully saturated rings. The summed E-state index contributed by atoms with van der Waals surface area (Å²) < 4.78 is 1.31. The van der Waals surface area contributed by atoms with Crippen LogP contribution >= 0.6 is 22.7 Å². The van der Waals surface area contributed by atoms with Crippen molar-refractivity contribution in [3.8, 4) is 0 Å². The summed E-state index contributed by atoms with van der Waals surface area (Å²) in [5.74, 6) is 0. The minimum absolute atomic E-state index is 0.564. The molecular weight excluding hydrogens is 334 g/mol. The number of thiophene rings is 1. The van der Waals surface area contributed by atoms with Gasteiger partial charge in [0.05, 0.1) is 15.2 Å². The second-order valence-corrected chi connectivity index (χ2v) is 8.67. The monoisotopic (exact) mass is 357 g/mol. The lowest BCUT2D eigenvalue weighted by molar-refractivity contribution is 0.0984. The molecule has 5 heteroatoms. The fourth-order valence-electron chi connectivity index (χ4n) is 3.37. The highest BCUT2D eigenvalue weighted by molar-refractivity contribution is 7.18. The molecule has 4 rings (SSSR count). The van der Waals surface area contributed by atoms with E-state index in [4.69, 9.17) is 4.98 Å². The molecule has 0 amide bonds. The first-order chi connectivity index (χ1) is 11.8. The molecule has 0 aliphatic carbocycles. The maximum absolute atomic E-state index is 4.80. The Morgan fingerprint density at radius 3 is 2.67 bits per heavy atom. The van der Waals surface area contributed by atoms with Crippen LogP contribution in [0.3, 0.4) is 0 Å². The minimum Gasteiger partial charge on any atom is -0.298 e. The molecular formula is C19H23N3S2. The third kappa shape index (κ3) is 3.70. The summed E-state index contributed by atoms with van der Waals surface area (Å²) in [6.07, 6.45) is 1.06. The average Bonchev–Trinajstić information content (AvgIpc) is 3.24. The van der Waals surface area contributed by atoms with Gasteiger partial charge in [0.1, 0.15) is 0 Å². The van der Waals surface area contributed by atoms with Crippen LogP contribution in [-0.2, 0) is 13.0 Å². The molecule has 0 radical (unpaired) electrons. The number of hydrogen-bond acceptors (Lipinski definition) is 5. The molecule has 0 spiro atoms. The van der Waals surface area contributed by atoms with Gasteiger partial charge in [-0.25, -0.2) is 4.98 Å². The summed E-state index contributed by atoms with van der Waals surface area (Å²) in [5, 5.41) is 3.44. The summed E-state index contributed by atoms with van der Waals surface area (Å²) in [4.78, 5) is 11.5. The fourth-order valence-corrected chi connectivity index (χ4v) is 5.21. The second kappa shape index (κ2) is 7.31. The zero-order valence-electron chi connectivity index (χ0n) is 14.0. The van der Waals surface area contributed by atoms with Gasteiger partial charge in [0.25, 0.3) is 0 Å². The third-order valence-electron chi connectivity index (χ3n) is 4.80. The molecule has 1 aromatic carbocycles. The van der Waals surface area contributed by atoms with Gasteiger partial charge in [-0.2, -0.15) is 0 Å². The Labute approximate surface area is 151 Å². The predicted octanol–water partition coefficient (Wildman–Crippen LogP) is 4.11. The van der Waals surface area contributed by atoms with Crippen LogP contribution in [0.1, 0.15) is 16.8 Å². The van der Waals surface area contributed by atoms with Crippen molar-refractivity contribution in [3.05, 3.63) is 51.7 Å². The quantitative estimate of drug-likeness (QED) is 0.685. The summed E-state index contributed by atoms with van der Waals surface area (Å²) in [6.45, 7) is 8.12. The third-order valence-corrected chi connectivity index (χ3v) is 6.72. The Morgan fingerprint density at radius 1 is 1.08 bits per heavy atom. The average molecular weight is 358 g/mol. The Kier molecular flexibility index (Phi) is 4.94. The Hall–Kier alpha value is -1.27. The lowest BCUT2D eigenvalue weighted by Gasteiger charge is -2.37. The van der Waals surface area contributed by atoms with Crippen molar-refractivity contribution in [2.45, 2.75) is 25.9 Å². The van der Waals surface area contributed by atoms with Gasteiger partial charge in [-0.1, -0.05) is 18.2 Å². The van der Waals surface area contributed by atoms with Gasteiger partial charge in [-0.3, -0.25) is 9.80 Å². The highest BCUT2D eigenvalue weighted by Gasteiger charge is 2.22. The highest BCUT2D eigenvalue weighted by atomic mass is 32.1. The van der Waals surface area contributed by atoms with Gasteiger partial charge in [0.2, 0.25) is 0 Å². The second-order valence-electron chi connectivity index (χ2n) is 6.52. The molecule has 0 N–H and O–H groups in total. The molecule has 3 nitrogen and oxygen atoms in total. The van der Waals surface area contributed by atoms with E-state index < -0.39 is 0 Å². The van der Waals surface area contributed by atoms with Crippen molar-refractivity contribution in [1.29, 1.82) is 0 Å². The van der Waals surface area contributed by atoms with E-state index in [1.54, 1.807) is 0 Å². The molecule has 1 aliphatic rings. The van der Waals surface area contributed by atoms with Crippen LogP contribution in [0.15, 0.2) is 41.8 Å². The number of aromatic nitrogens is 1. The van der Waals surface area contributed by atoms with Gasteiger partial charge >= 0.3 is 0 Å². The van der Waals surface area contributed by atoms with Crippen LogP contribution in [0.4, 0.5) is 0 Å². The van der Waals surface area contributed by atoms with Gasteiger partial charge < -0.3 is 0 Å². The van der Waals surface area contributed by atoms with E-state index >= 15 is 0 Å². The first-order valence-electron chi connectivity index (χ1n) is 8.61. The van der Waals surface area contributed by atoms with Crippen molar-refractivity contribution in [2.24, 2.45) is 0 Å². The summed E-state index contributed by atoms with van der Waals surface area (Å²) in [6, 6.07) is 13.4. The Balaban J connectivity index is 1.31. The van der Waals surface area contributed by atoms with Crippen molar-refractivity contribution in [2.75, 3.05) is 26.2 Å². The number of hydrogen-bond donors (Lipinski definition) is 0. The minimum atomic E-state index is 0.564. The largest absolute Gasteiger partial charge is 0.298 e. The lowest BCUT2D eigenvalue weighted by atomic mass is 10.1. The number of nitrogens with zero attached hydrogens (tertiary/aromatic N) is 3. The molecule has 0 saturated carbocycles. The van der Waals surface area contributed by atoms with E-state index in [-0.39, 0.29) is 0 Å². The molecule has 24 heavy (non-hydrogen) atoms. The maximum atomic E-state index is 4.80.